The summed E-state index contributed by atoms with van der Waals surface area (Å²) in [7, 11) is 0. The molecule has 0 amide bonds. The lowest BCUT2D eigenvalue weighted by Gasteiger charge is -2.07. The average molecular weight is 257 g/mol. The van der Waals surface area contributed by atoms with Crippen molar-refractivity contribution in [1.82, 2.24) is 4.98 Å². The van der Waals surface area contributed by atoms with Crippen LogP contribution in [0.4, 0.5) is 15.8 Å². The molecular weight excluding hydrogens is 250 g/mol. The van der Waals surface area contributed by atoms with Gasteiger partial charge in [-0.05, 0) is 30.3 Å². The van der Waals surface area contributed by atoms with Crippen molar-refractivity contribution in [3.05, 3.63) is 52.5 Å². The molecule has 5 heteroatoms. The maximum Gasteiger partial charge on any atom is 0.154 e. The Hall–Kier alpha value is -1.32. The van der Waals surface area contributed by atoms with Crippen LogP contribution in [0.25, 0.3) is 0 Å². The fraction of sp³-hybridized carbons (Fsp3) is 0. The molecule has 1 heterocycles. The number of pyridine rings is 1. The van der Waals surface area contributed by atoms with Crippen molar-refractivity contribution in [1.29, 1.82) is 0 Å². The first kappa shape index (κ1) is 11.2. The van der Waals surface area contributed by atoms with Crippen LogP contribution in [0, 0.1) is 5.82 Å². The van der Waals surface area contributed by atoms with E-state index in [1.54, 1.807) is 24.3 Å². The number of halogens is 3. The van der Waals surface area contributed by atoms with Gasteiger partial charge in [0.25, 0.3) is 0 Å². The van der Waals surface area contributed by atoms with Gasteiger partial charge in [-0.15, -0.1) is 0 Å². The van der Waals surface area contributed by atoms with E-state index in [0.717, 1.165) is 0 Å². The van der Waals surface area contributed by atoms with Crippen molar-refractivity contribution in [2.45, 2.75) is 0 Å². The minimum atomic E-state index is -0.317. The van der Waals surface area contributed by atoms with E-state index in [4.69, 9.17) is 23.2 Å². The second kappa shape index (κ2) is 4.68. The van der Waals surface area contributed by atoms with Crippen LogP contribution < -0.4 is 5.32 Å². The summed E-state index contributed by atoms with van der Waals surface area (Å²) in [4.78, 5) is 3.87. The Balaban J connectivity index is 2.27. The third-order valence-electron chi connectivity index (χ3n) is 1.92. The minimum Gasteiger partial charge on any atom is -0.353 e. The molecule has 1 N–H and O–H groups in total. The van der Waals surface area contributed by atoms with E-state index in [1.165, 1.54) is 12.1 Å². The topological polar surface area (TPSA) is 24.9 Å². The Kier molecular flexibility index (Phi) is 3.27. The van der Waals surface area contributed by atoms with Gasteiger partial charge in [0.1, 0.15) is 11.0 Å². The quantitative estimate of drug-likeness (QED) is 0.812. The molecule has 2 nitrogen and oxygen atoms in total. The first-order valence-electron chi connectivity index (χ1n) is 4.50. The van der Waals surface area contributed by atoms with Gasteiger partial charge in [-0.25, -0.2) is 9.37 Å². The SMILES string of the molecule is Fc1cccc(Nc2ccc(Cl)nc2Cl)c1. The molecule has 0 radical (unpaired) electrons. The Morgan fingerprint density at radius 3 is 2.62 bits per heavy atom. The number of anilines is 2. The smallest absolute Gasteiger partial charge is 0.154 e. The highest BCUT2D eigenvalue weighted by Crippen LogP contribution is 2.25. The highest BCUT2D eigenvalue weighted by molar-refractivity contribution is 6.34. The second-order valence-corrected chi connectivity index (χ2v) is 3.85. The van der Waals surface area contributed by atoms with E-state index in [2.05, 4.69) is 10.3 Å². The standard InChI is InChI=1S/C11H7Cl2FN2/c12-10-5-4-9(11(13)16-10)15-8-3-1-2-7(14)6-8/h1-6,15H. The first-order valence-corrected chi connectivity index (χ1v) is 5.25. The number of nitrogens with one attached hydrogen (secondary N) is 1. The Morgan fingerprint density at radius 2 is 1.94 bits per heavy atom. The molecule has 1 aromatic carbocycles. The van der Waals surface area contributed by atoms with Gasteiger partial charge in [0, 0.05) is 5.69 Å². The van der Waals surface area contributed by atoms with Gasteiger partial charge in [0.2, 0.25) is 0 Å². The van der Waals surface area contributed by atoms with Crippen LogP contribution in [0.3, 0.4) is 0 Å². The number of hydrogen-bond acceptors (Lipinski definition) is 2. The van der Waals surface area contributed by atoms with Crippen molar-refractivity contribution < 1.29 is 4.39 Å². The van der Waals surface area contributed by atoms with E-state index in [-0.39, 0.29) is 11.0 Å². The number of benzene rings is 1. The van der Waals surface area contributed by atoms with Crippen LogP contribution in [0.2, 0.25) is 10.3 Å². The third kappa shape index (κ3) is 2.62. The van der Waals surface area contributed by atoms with Crippen LogP contribution in [-0.2, 0) is 0 Å². The van der Waals surface area contributed by atoms with Gasteiger partial charge < -0.3 is 5.32 Å². The lowest BCUT2D eigenvalue weighted by atomic mass is 10.3. The Labute approximate surface area is 102 Å². The summed E-state index contributed by atoms with van der Waals surface area (Å²) in [6, 6.07) is 9.36. The zero-order chi connectivity index (χ0) is 11.5. The summed E-state index contributed by atoms with van der Waals surface area (Å²) in [5.41, 5.74) is 1.18. The second-order valence-electron chi connectivity index (χ2n) is 3.11. The molecule has 0 bridgehead atoms. The van der Waals surface area contributed by atoms with Crippen LogP contribution in [-0.4, -0.2) is 4.98 Å². The molecule has 1 aromatic heterocycles. The molecule has 2 aromatic rings. The first-order chi connectivity index (χ1) is 7.65. The van der Waals surface area contributed by atoms with E-state index < -0.39 is 0 Å². The largest absolute Gasteiger partial charge is 0.353 e. The van der Waals surface area contributed by atoms with E-state index in [9.17, 15) is 4.39 Å². The van der Waals surface area contributed by atoms with Crippen molar-refractivity contribution in [2.75, 3.05) is 5.32 Å². The molecule has 0 fully saturated rings. The third-order valence-corrected chi connectivity index (χ3v) is 2.42. The van der Waals surface area contributed by atoms with Crippen LogP contribution in [0.5, 0.6) is 0 Å². The zero-order valence-corrected chi connectivity index (χ0v) is 9.56. The van der Waals surface area contributed by atoms with E-state index in [1.807, 2.05) is 0 Å². The molecule has 0 atom stereocenters. The Bertz CT molecular complexity index is 517. The summed E-state index contributed by atoms with van der Waals surface area (Å²) < 4.78 is 12.9. The van der Waals surface area contributed by atoms with Gasteiger partial charge in [0.05, 0.1) is 5.69 Å². The van der Waals surface area contributed by atoms with Gasteiger partial charge in [0.15, 0.2) is 5.15 Å². The molecule has 0 saturated carbocycles. The molecule has 0 spiro atoms. The zero-order valence-electron chi connectivity index (χ0n) is 8.05. The van der Waals surface area contributed by atoms with Crippen molar-refractivity contribution >= 4 is 34.6 Å². The summed E-state index contributed by atoms with van der Waals surface area (Å²) in [5.74, 6) is -0.317. The molecule has 0 aliphatic heterocycles. The van der Waals surface area contributed by atoms with Crippen molar-refractivity contribution in [3.63, 3.8) is 0 Å². The lowest BCUT2D eigenvalue weighted by molar-refractivity contribution is 0.628. The average Bonchev–Trinajstić information content (AvgIpc) is 2.22. The van der Waals surface area contributed by atoms with Crippen molar-refractivity contribution in [3.8, 4) is 0 Å². The number of hydrogen-bond donors (Lipinski definition) is 1. The summed E-state index contributed by atoms with van der Waals surface area (Å²) in [5, 5.41) is 3.51. The van der Waals surface area contributed by atoms with Gasteiger partial charge in [-0.3, -0.25) is 0 Å². The maximum atomic E-state index is 12.9. The van der Waals surface area contributed by atoms with Gasteiger partial charge in [-0.2, -0.15) is 0 Å². The monoisotopic (exact) mass is 256 g/mol. The molecule has 2 rings (SSSR count). The summed E-state index contributed by atoms with van der Waals surface area (Å²) in [6.45, 7) is 0. The lowest BCUT2D eigenvalue weighted by Crippen LogP contribution is -1.93. The van der Waals surface area contributed by atoms with E-state index >= 15 is 0 Å². The molecule has 16 heavy (non-hydrogen) atoms. The predicted octanol–water partition coefficient (Wildman–Crippen LogP) is 4.27. The fourth-order valence-corrected chi connectivity index (χ4v) is 1.62. The number of nitrogens with zero attached hydrogens (tertiary/aromatic N) is 1. The molecule has 0 unspecified atom stereocenters. The molecule has 0 saturated heterocycles. The fourth-order valence-electron chi connectivity index (χ4n) is 1.23. The molecule has 82 valence electrons. The van der Waals surface area contributed by atoms with Crippen LogP contribution in [0.1, 0.15) is 0 Å². The summed E-state index contributed by atoms with van der Waals surface area (Å²) in [6.07, 6.45) is 0. The number of aromatic nitrogens is 1. The predicted molar refractivity (Wildman–Crippen MR) is 63.9 cm³/mol. The summed E-state index contributed by atoms with van der Waals surface area (Å²) >= 11 is 11.5. The molecule has 0 aliphatic carbocycles. The maximum absolute atomic E-state index is 12.9. The highest BCUT2D eigenvalue weighted by atomic mass is 35.5. The van der Waals surface area contributed by atoms with E-state index in [0.29, 0.717) is 16.5 Å². The normalized spacial score (nSPS) is 10.2. The Morgan fingerprint density at radius 1 is 1.12 bits per heavy atom. The van der Waals surface area contributed by atoms with Gasteiger partial charge in [-0.1, -0.05) is 29.3 Å². The highest BCUT2D eigenvalue weighted by Gasteiger charge is 2.03. The van der Waals surface area contributed by atoms with Crippen LogP contribution >= 0.6 is 23.2 Å². The molecule has 0 aliphatic rings. The van der Waals surface area contributed by atoms with Crippen molar-refractivity contribution in [2.24, 2.45) is 0 Å². The molecular formula is C11H7Cl2FN2. The van der Waals surface area contributed by atoms with Crippen LogP contribution in [0.15, 0.2) is 36.4 Å². The van der Waals surface area contributed by atoms with Gasteiger partial charge >= 0.3 is 0 Å². The minimum absolute atomic E-state index is 0.247. The number of rotatable bonds is 2.